The average Bonchev–Trinajstić information content (AvgIpc) is 3.34. The number of nitrogens with zero attached hydrogens (tertiary/aromatic N) is 4. The van der Waals surface area contributed by atoms with E-state index < -0.39 is 0 Å². The Bertz CT molecular complexity index is 734. The number of halogens is 1. The van der Waals surface area contributed by atoms with Crippen molar-refractivity contribution in [3.05, 3.63) is 41.2 Å². The zero-order valence-corrected chi connectivity index (χ0v) is 14.8. The van der Waals surface area contributed by atoms with Crippen LogP contribution >= 0.6 is 11.3 Å². The molecule has 0 saturated carbocycles. The van der Waals surface area contributed by atoms with E-state index in [0.717, 1.165) is 62.9 Å². The van der Waals surface area contributed by atoms with Crippen LogP contribution in [0.25, 0.3) is 0 Å². The number of amides is 1. The number of hydrogen-bond acceptors (Lipinski definition) is 5. The van der Waals surface area contributed by atoms with Crippen molar-refractivity contribution in [1.82, 2.24) is 9.88 Å². The number of carbonyl (C=O) groups excluding carboxylic acids is 1. The first kappa shape index (κ1) is 16.3. The molecule has 3 heterocycles. The highest BCUT2D eigenvalue weighted by Gasteiger charge is 2.24. The molecule has 2 aromatic rings. The zero-order valence-electron chi connectivity index (χ0n) is 14.0. The van der Waals surface area contributed by atoms with Gasteiger partial charge in [-0.1, -0.05) is 0 Å². The van der Waals surface area contributed by atoms with Crippen LogP contribution in [0.15, 0.2) is 29.6 Å². The van der Waals surface area contributed by atoms with Gasteiger partial charge >= 0.3 is 0 Å². The molecule has 132 valence electrons. The minimum Gasteiger partial charge on any atom is -0.368 e. The van der Waals surface area contributed by atoms with Crippen molar-refractivity contribution < 1.29 is 9.18 Å². The number of thiazole rings is 1. The molecule has 1 aromatic carbocycles. The SMILES string of the molecule is O=C(c1csc(N2CCN(c3ccc(F)cc3)CC2)n1)N1CCCC1. The molecule has 0 spiro atoms. The van der Waals surface area contributed by atoms with E-state index in [-0.39, 0.29) is 11.7 Å². The van der Waals surface area contributed by atoms with Crippen molar-refractivity contribution in [3.63, 3.8) is 0 Å². The van der Waals surface area contributed by atoms with Gasteiger partial charge in [0.25, 0.3) is 5.91 Å². The van der Waals surface area contributed by atoms with E-state index in [1.54, 1.807) is 11.3 Å². The van der Waals surface area contributed by atoms with E-state index in [4.69, 9.17) is 0 Å². The van der Waals surface area contributed by atoms with Crippen LogP contribution in [0.3, 0.4) is 0 Å². The molecule has 1 amide bonds. The van der Waals surface area contributed by atoms with Gasteiger partial charge in [-0.2, -0.15) is 0 Å². The first-order valence-corrected chi connectivity index (χ1v) is 9.59. The first-order chi connectivity index (χ1) is 12.2. The third-order valence-corrected chi connectivity index (χ3v) is 5.75. The lowest BCUT2D eigenvalue weighted by Crippen LogP contribution is -2.46. The summed E-state index contributed by atoms with van der Waals surface area (Å²) in [7, 11) is 0. The van der Waals surface area contributed by atoms with Gasteiger partial charge in [0.2, 0.25) is 0 Å². The molecule has 2 fully saturated rings. The first-order valence-electron chi connectivity index (χ1n) is 8.71. The smallest absolute Gasteiger partial charge is 0.273 e. The van der Waals surface area contributed by atoms with Gasteiger partial charge in [0.15, 0.2) is 5.13 Å². The molecule has 0 radical (unpaired) electrons. The largest absolute Gasteiger partial charge is 0.368 e. The lowest BCUT2D eigenvalue weighted by molar-refractivity contribution is 0.0788. The third-order valence-electron chi connectivity index (χ3n) is 4.85. The molecule has 2 saturated heterocycles. The van der Waals surface area contributed by atoms with Crippen molar-refractivity contribution in [2.24, 2.45) is 0 Å². The molecule has 2 aliphatic rings. The molecule has 0 atom stereocenters. The number of aromatic nitrogens is 1. The Morgan fingerprint density at radius 2 is 1.60 bits per heavy atom. The normalized spacial score (nSPS) is 18.0. The quantitative estimate of drug-likeness (QED) is 0.844. The van der Waals surface area contributed by atoms with Gasteiger partial charge in [-0.15, -0.1) is 11.3 Å². The number of rotatable bonds is 3. The third kappa shape index (κ3) is 3.46. The highest BCUT2D eigenvalue weighted by Crippen LogP contribution is 2.25. The fourth-order valence-electron chi connectivity index (χ4n) is 3.40. The summed E-state index contributed by atoms with van der Waals surface area (Å²) in [5, 5.41) is 2.80. The Balaban J connectivity index is 1.38. The summed E-state index contributed by atoms with van der Waals surface area (Å²) in [5.41, 5.74) is 1.62. The molecular formula is C18H21FN4OS. The number of likely N-dealkylation sites (tertiary alicyclic amines) is 1. The monoisotopic (exact) mass is 360 g/mol. The molecule has 0 aliphatic carbocycles. The zero-order chi connectivity index (χ0) is 17.2. The maximum Gasteiger partial charge on any atom is 0.273 e. The van der Waals surface area contributed by atoms with Crippen molar-refractivity contribution in [2.45, 2.75) is 12.8 Å². The van der Waals surface area contributed by atoms with Crippen LogP contribution in [-0.4, -0.2) is 55.1 Å². The molecule has 2 aliphatic heterocycles. The van der Waals surface area contributed by atoms with Crippen molar-refractivity contribution in [3.8, 4) is 0 Å². The second-order valence-electron chi connectivity index (χ2n) is 6.47. The standard InChI is InChI=1S/C18H21FN4OS/c19-14-3-5-15(6-4-14)21-9-11-23(12-10-21)18-20-16(13-25-18)17(24)22-7-1-2-8-22/h3-6,13H,1-2,7-12H2. The molecule has 5 nitrogen and oxygen atoms in total. The molecule has 0 N–H and O–H groups in total. The summed E-state index contributed by atoms with van der Waals surface area (Å²) in [6.45, 7) is 5.12. The van der Waals surface area contributed by atoms with E-state index in [1.807, 2.05) is 22.4 Å². The van der Waals surface area contributed by atoms with Crippen LogP contribution in [0.4, 0.5) is 15.2 Å². The van der Waals surface area contributed by atoms with E-state index in [0.29, 0.717) is 5.69 Å². The molecule has 4 rings (SSSR count). The summed E-state index contributed by atoms with van der Waals surface area (Å²) in [4.78, 5) is 23.4. The van der Waals surface area contributed by atoms with Gasteiger partial charge in [0.1, 0.15) is 11.5 Å². The molecule has 25 heavy (non-hydrogen) atoms. The summed E-state index contributed by atoms with van der Waals surface area (Å²) >= 11 is 1.54. The van der Waals surface area contributed by atoms with Crippen molar-refractivity contribution >= 4 is 28.1 Å². The van der Waals surface area contributed by atoms with Crippen LogP contribution in [0, 0.1) is 5.82 Å². The number of carbonyl (C=O) groups is 1. The Kier molecular flexibility index (Phi) is 4.57. The van der Waals surface area contributed by atoms with E-state index in [2.05, 4.69) is 14.8 Å². The lowest BCUT2D eigenvalue weighted by atomic mass is 10.2. The summed E-state index contributed by atoms with van der Waals surface area (Å²) < 4.78 is 13.1. The number of hydrogen-bond donors (Lipinski definition) is 0. The van der Waals surface area contributed by atoms with Gasteiger partial charge in [-0.05, 0) is 37.1 Å². The second kappa shape index (κ2) is 7.00. The molecule has 7 heteroatoms. The van der Waals surface area contributed by atoms with Crippen molar-refractivity contribution in [2.75, 3.05) is 49.1 Å². The van der Waals surface area contributed by atoms with Gasteiger partial charge < -0.3 is 14.7 Å². The van der Waals surface area contributed by atoms with Crippen LogP contribution in [-0.2, 0) is 0 Å². The Morgan fingerprint density at radius 3 is 2.28 bits per heavy atom. The average molecular weight is 360 g/mol. The maximum absolute atomic E-state index is 13.1. The van der Waals surface area contributed by atoms with Crippen molar-refractivity contribution in [1.29, 1.82) is 0 Å². The Morgan fingerprint density at radius 1 is 0.960 bits per heavy atom. The Labute approximate surface area is 150 Å². The molecule has 1 aromatic heterocycles. The fraction of sp³-hybridized carbons (Fsp3) is 0.444. The van der Waals surface area contributed by atoms with Crippen LogP contribution < -0.4 is 9.80 Å². The Hall–Kier alpha value is -2.15. The predicted octanol–water partition coefficient (Wildman–Crippen LogP) is 2.84. The highest BCUT2D eigenvalue weighted by molar-refractivity contribution is 7.13. The highest BCUT2D eigenvalue weighted by atomic mass is 32.1. The topological polar surface area (TPSA) is 39.7 Å². The molecule has 0 bridgehead atoms. The predicted molar refractivity (Wildman–Crippen MR) is 98.1 cm³/mol. The number of anilines is 2. The van der Waals surface area contributed by atoms with E-state index in [1.165, 1.54) is 12.1 Å². The minimum absolute atomic E-state index is 0.0601. The molecular weight excluding hydrogens is 339 g/mol. The van der Waals surface area contributed by atoms with Crippen LogP contribution in [0.5, 0.6) is 0 Å². The number of benzene rings is 1. The summed E-state index contributed by atoms with van der Waals surface area (Å²) in [6, 6.07) is 6.64. The minimum atomic E-state index is -0.208. The van der Waals surface area contributed by atoms with Gasteiger partial charge in [0.05, 0.1) is 0 Å². The lowest BCUT2D eigenvalue weighted by Gasteiger charge is -2.36. The number of piperazine rings is 1. The summed E-state index contributed by atoms with van der Waals surface area (Å²) in [5.74, 6) is -0.148. The van der Waals surface area contributed by atoms with Crippen LogP contribution in [0.1, 0.15) is 23.3 Å². The fourth-order valence-corrected chi connectivity index (χ4v) is 4.25. The second-order valence-corrected chi connectivity index (χ2v) is 7.30. The van der Waals surface area contributed by atoms with Gasteiger partial charge in [-0.25, -0.2) is 9.37 Å². The maximum atomic E-state index is 13.1. The van der Waals surface area contributed by atoms with E-state index in [9.17, 15) is 9.18 Å². The van der Waals surface area contributed by atoms with Gasteiger partial charge in [0, 0.05) is 50.3 Å². The summed E-state index contributed by atoms with van der Waals surface area (Å²) in [6.07, 6.45) is 2.18. The molecule has 0 unspecified atom stereocenters. The van der Waals surface area contributed by atoms with Crippen LogP contribution in [0.2, 0.25) is 0 Å². The van der Waals surface area contributed by atoms with E-state index >= 15 is 0 Å². The van der Waals surface area contributed by atoms with Gasteiger partial charge in [-0.3, -0.25) is 4.79 Å².